The van der Waals surface area contributed by atoms with Crippen LogP contribution in [0.4, 0.5) is 5.69 Å². The fourth-order valence-electron chi connectivity index (χ4n) is 2.91. The molecule has 0 saturated heterocycles. The summed E-state index contributed by atoms with van der Waals surface area (Å²) in [4.78, 5) is 23.7. The van der Waals surface area contributed by atoms with Gasteiger partial charge in [0.2, 0.25) is 10.0 Å². The molecule has 3 rings (SSSR count). The minimum absolute atomic E-state index is 0.0971. The van der Waals surface area contributed by atoms with Crippen LogP contribution in [-0.4, -0.2) is 38.3 Å². The number of hydrogen-bond acceptors (Lipinski definition) is 5. The molecule has 8 heteroatoms. The van der Waals surface area contributed by atoms with Gasteiger partial charge in [-0.05, 0) is 42.2 Å². The predicted octanol–water partition coefficient (Wildman–Crippen LogP) is 2.65. The second kappa shape index (κ2) is 8.75. The van der Waals surface area contributed by atoms with Crippen molar-refractivity contribution < 1.29 is 22.7 Å². The van der Waals surface area contributed by atoms with Gasteiger partial charge in [-0.25, -0.2) is 8.42 Å². The molecule has 2 atom stereocenters. The Morgan fingerprint density at radius 2 is 1.72 bits per heavy atom. The molecule has 2 aromatic rings. The van der Waals surface area contributed by atoms with Crippen molar-refractivity contribution in [1.29, 1.82) is 0 Å². The molecule has 29 heavy (non-hydrogen) atoms. The zero-order valence-corrected chi connectivity index (χ0v) is 17.2. The molecule has 1 N–H and O–H groups in total. The number of esters is 1. The topological polar surface area (TPSA) is 92.8 Å². The van der Waals surface area contributed by atoms with Crippen molar-refractivity contribution in [1.82, 2.24) is 4.31 Å². The number of carbonyl (C=O) groups excluding carboxylic acids is 2. The van der Waals surface area contributed by atoms with Gasteiger partial charge in [0.15, 0.2) is 6.61 Å². The number of benzene rings is 2. The highest BCUT2D eigenvalue weighted by Crippen LogP contribution is 2.38. The minimum Gasteiger partial charge on any atom is -0.455 e. The maximum Gasteiger partial charge on any atom is 0.309 e. The molecule has 1 amide bonds. The lowest BCUT2D eigenvalue weighted by molar-refractivity contribution is -0.148. The summed E-state index contributed by atoms with van der Waals surface area (Å²) in [5.74, 6) is -0.598. The van der Waals surface area contributed by atoms with Crippen molar-refractivity contribution in [2.75, 3.05) is 19.0 Å². The maximum absolute atomic E-state index is 12.7. The van der Waals surface area contributed by atoms with E-state index in [-0.39, 0.29) is 29.9 Å². The molecule has 0 heterocycles. The van der Waals surface area contributed by atoms with E-state index in [2.05, 4.69) is 5.32 Å². The summed E-state index contributed by atoms with van der Waals surface area (Å²) in [6.45, 7) is 1.85. The van der Waals surface area contributed by atoms with Gasteiger partial charge in [0.25, 0.3) is 5.91 Å². The van der Waals surface area contributed by atoms with Crippen molar-refractivity contribution >= 4 is 27.6 Å². The van der Waals surface area contributed by atoms with Gasteiger partial charge < -0.3 is 10.1 Å². The number of ether oxygens (including phenoxy) is 1. The molecule has 0 spiro atoms. The van der Waals surface area contributed by atoms with Crippen LogP contribution >= 0.6 is 0 Å². The van der Waals surface area contributed by atoms with Gasteiger partial charge in [-0.1, -0.05) is 37.3 Å². The van der Waals surface area contributed by atoms with Crippen LogP contribution in [0.1, 0.15) is 18.9 Å². The van der Waals surface area contributed by atoms with E-state index in [0.29, 0.717) is 11.6 Å². The first kappa shape index (κ1) is 21.0. The Bertz CT molecular complexity index is 974. The second-order valence-electron chi connectivity index (χ2n) is 7.25. The van der Waals surface area contributed by atoms with Crippen LogP contribution in [0.2, 0.25) is 0 Å². The van der Waals surface area contributed by atoms with E-state index >= 15 is 0 Å². The van der Waals surface area contributed by atoms with Gasteiger partial charge in [-0.3, -0.25) is 9.59 Å². The van der Waals surface area contributed by atoms with Crippen LogP contribution in [0, 0.1) is 11.8 Å². The van der Waals surface area contributed by atoms with E-state index in [4.69, 9.17) is 4.74 Å². The first-order valence-electron chi connectivity index (χ1n) is 9.34. The molecule has 0 bridgehead atoms. The predicted molar refractivity (Wildman–Crippen MR) is 108 cm³/mol. The number of nitrogens with one attached hydrogen (secondary N) is 1. The van der Waals surface area contributed by atoms with Crippen molar-refractivity contribution in [3.63, 3.8) is 0 Å². The number of nitrogens with zero attached hydrogens (tertiary/aromatic N) is 1. The van der Waals surface area contributed by atoms with Gasteiger partial charge in [-0.2, -0.15) is 4.31 Å². The molecule has 1 aliphatic carbocycles. The van der Waals surface area contributed by atoms with Gasteiger partial charge >= 0.3 is 5.97 Å². The van der Waals surface area contributed by atoms with Crippen molar-refractivity contribution in [3.8, 4) is 0 Å². The van der Waals surface area contributed by atoms with E-state index in [1.54, 1.807) is 0 Å². The zero-order valence-electron chi connectivity index (χ0n) is 16.4. The third-order valence-electron chi connectivity index (χ3n) is 4.85. The number of anilines is 1. The fraction of sp³-hybridized carbons (Fsp3) is 0.333. The molecule has 2 aromatic carbocycles. The third-order valence-corrected chi connectivity index (χ3v) is 6.67. The highest BCUT2D eigenvalue weighted by atomic mass is 32.2. The Balaban J connectivity index is 1.55. The van der Waals surface area contributed by atoms with Crippen LogP contribution < -0.4 is 5.32 Å². The summed E-state index contributed by atoms with van der Waals surface area (Å²) in [5, 5.41) is 2.59. The average Bonchev–Trinajstić information content (AvgIpc) is 3.44. The number of amides is 1. The number of carbonyl (C=O) groups is 2. The van der Waals surface area contributed by atoms with Crippen LogP contribution in [0.15, 0.2) is 59.5 Å². The Morgan fingerprint density at radius 1 is 1.10 bits per heavy atom. The minimum atomic E-state index is -3.66. The molecule has 1 aliphatic rings. The van der Waals surface area contributed by atoms with Crippen LogP contribution in [0.5, 0.6) is 0 Å². The Morgan fingerprint density at radius 3 is 2.31 bits per heavy atom. The maximum atomic E-state index is 12.7. The van der Waals surface area contributed by atoms with Crippen molar-refractivity contribution in [2.45, 2.75) is 24.8 Å². The Labute approximate surface area is 170 Å². The smallest absolute Gasteiger partial charge is 0.309 e. The summed E-state index contributed by atoms with van der Waals surface area (Å²) in [5.41, 5.74) is 1.31. The Hall–Kier alpha value is -2.71. The van der Waals surface area contributed by atoms with Crippen LogP contribution in [0.25, 0.3) is 0 Å². The Kier molecular flexibility index (Phi) is 6.34. The molecule has 1 fully saturated rings. The second-order valence-corrected chi connectivity index (χ2v) is 9.29. The normalized spacial score (nSPS) is 18.3. The monoisotopic (exact) mass is 416 g/mol. The SMILES string of the molecule is C[C@H]1C[C@@H]1C(=O)OCC(=O)Nc1ccc(S(=O)(=O)N(C)Cc2ccccc2)cc1. The summed E-state index contributed by atoms with van der Waals surface area (Å²) < 4.78 is 31.7. The first-order chi connectivity index (χ1) is 13.8. The van der Waals surface area contributed by atoms with Gasteiger partial charge in [-0.15, -0.1) is 0 Å². The molecular formula is C21H24N2O5S. The standard InChI is InChI=1S/C21H24N2O5S/c1-15-12-19(15)21(25)28-14-20(24)22-17-8-10-18(11-9-17)29(26,27)23(2)13-16-6-4-3-5-7-16/h3-11,15,19H,12-14H2,1-2H3,(H,22,24)/t15-,19-/m0/s1. The van der Waals surface area contributed by atoms with E-state index in [9.17, 15) is 18.0 Å². The first-order valence-corrected chi connectivity index (χ1v) is 10.8. The molecule has 0 aliphatic heterocycles. The highest BCUT2D eigenvalue weighted by molar-refractivity contribution is 7.89. The van der Waals surface area contributed by atoms with Crippen molar-refractivity contribution in [3.05, 3.63) is 60.2 Å². The lowest BCUT2D eigenvalue weighted by Crippen LogP contribution is -2.26. The van der Waals surface area contributed by atoms with Gasteiger partial charge in [0, 0.05) is 19.3 Å². The molecule has 0 aromatic heterocycles. The van der Waals surface area contributed by atoms with Crippen LogP contribution in [0.3, 0.4) is 0 Å². The van der Waals surface area contributed by atoms with E-state index in [1.807, 2.05) is 37.3 Å². The van der Waals surface area contributed by atoms with Crippen LogP contribution in [-0.2, 0) is 30.9 Å². The van der Waals surface area contributed by atoms with E-state index in [1.165, 1.54) is 35.6 Å². The summed E-state index contributed by atoms with van der Waals surface area (Å²) in [7, 11) is -2.14. The quantitative estimate of drug-likeness (QED) is 0.668. The molecule has 7 nitrogen and oxygen atoms in total. The highest BCUT2D eigenvalue weighted by Gasteiger charge is 2.40. The lowest BCUT2D eigenvalue weighted by Gasteiger charge is -2.17. The summed E-state index contributed by atoms with van der Waals surface area (Å²) >= 11 is 0. The molecule has 0 unspecified atom stereocenters. The van der Waals surface area contributed by atoms with E-state index < -0.39 is 15.9 Å². The molecular weight excluding hydrogens is 392 g/mol. The summed E-state index contributed by atoms with van der Waals surface area (Å²) in [6, 6.07) is 15.2. The molecule has 154 valence electrons. The van der Waals surface area contributed by atoms with Gasteiger partial charge in [0.05, 0.1) is 10.8 Å². The number of sulfonamides is 1. The zero-order chi connectivity index (χ0) is 21.0. The number of rotatable bonds is 8. The molecule has 0 radical (unpaired) electrons. The summed E-state index contributed by atoms with van der Waals surface area (Å²) in [6.07, 6.45) is 0.801. The third kappa shape index (κ3) is 5.42. The largest absolute Gasteiger partial charge is 0.455 e. The van der Waals surface area contributed by atoms with E-state index in [0.717, 1.165) is 12.0 Å². The van der Waals surface area contributed by atoms with Crippen molar-refractivity contribution in [2.24, 2.45) is 11.8 Å². The number of hydrogen-bond donors (Lipinski definition) is 1. The van der Waals surface area contributed by atoms with Gasteiger partial charge in [0.1, 0.15) is 0 Å². The lowest BCUT2D eigenvalue weighted by atomic mass is 10.2. The molecule has 1 saturated carbocycles. The average molecular weight is 416 g/mol. The fourth-order valence-corrected chi connectivity index (χ4v) is 4.07.